The molecule has 0 aliphatic carbocycles. The summed E-state index contributed by atoms with van der Waals surface area (Å²) in [5.74, 6) is 0.869. The van der Waals surface area contributed by atoms with Gasteiger partial charge in [0.05, 0.1) is 6.26 Å². The van der Waals surface area contributed by atoms with E-state index >= 15 is 0 Å². The summed E-state index contributed by atoms with van der Waals surface area (Å²) in [5.41, 5.74) is 2.45. The SMILES string of the molecule is C[C@@H](CCc1ccco1)NC(=O)c1ccc2c(c1)CCC(=O)N2. The number of hydrogen-bond acceptors (Lipinski definition) is 3. The van der Waals surface area contributed by atoms with Crippen LogP contribution >= 0.6 is 0 Å². The van der Waals surface area contributed by atoms with Crippen molar-refractivity contribution in [3.8, 4) is 0 Å². The molecule has 1 aliphatic rings. The van der Waals surface area contributed by atoms with Crippen LogP contribution in [0.15, 0.2) is 41.0 Å². The zero-order valence-electron chi connectivity index (χ0n) is 13.1. The van der Waals surface area contributed by atoms with Crippen molar-refractivity contribution in [3.05, 3.63) is 53.5 Å². The first kappa shape index (κ1) is 15.3. The van der Waals surface area contributed by atoms with Crippen molar-refractivity contribution in [3.63, 3.8) is 0 Å². The second kappa shape index (κ2) is 6.69. The monoisotopic (exact) mass is 312 g/mol. The zero-order valence-corrected chi connectivity index (χ0v) is 13.1. The summed E-state index contributed by atoms with van der Waals surface area (Å²) >= 11 is 0. The van der Waals surface area contributed by atoms with Crippen molar-refractivity contribution in [2.45, 2.75) is 38.6 Å². The molecule has 0 radical (unpaired) electrons. The van der Waals surface area contributed by atoms with E-state index in [2.05, 4.69) is 10.6 Å². The van der Waals surface area contributed by atoms with Gasteiger partial charge >= 0.3 is 0 Å². The Kier molecular flexibility index (Phi) is 4.46. The molecule has 1 atom stereocenters. The number of anilines is 1. The molecule has 2 heterocycles. The van der Waals surface area contributed by atoms with Gasteiger partial charge in [0.1, 0.15) is 5.76 Å². The largest absolute Gasteiger partial charge is 0.469 e. The summed E-state index contributed by atoms with van der Waals surface area (Å²) in [6.07, 6.45) is 4.42. The minimum atomic E-state index is -0.0864. The average molecular weight is 312 g/mol. The number of amides is 2. The third kappa shape index (κ3) is 3.80. The first-order valence-corrected chi connectivity index (χ1v) is 7.88. The van der Waals surface area contributed by atoms with Crippen molar-refractivity contribution in [1.82, 2.24) is 5.32 Å². The summed E-state index contributed by atoms with van der Waals surface area (Å²) < 4.78 is 5.30. The van der Waals surface area contributed by atoms with E-state index in [4.69, 9.17) is 4.42 Å². The van der Waals surface area contributed by atoms with Crippen molar-refractivity contribution in [2.24, 2.45) is 0 Å². The van der Waals surface area contributed by atoms with Gasteiger partial charge in [0.2, 0.25) is 5.91 Å². The van der Waals surface area contributed by atoms with Gasteiger partial charge in [0, 0.05) is 30.1 Å². The second-order valence-corrected chi connectivity index (χ2v) is 5.91. The molecule has 0 unspecified atom stereocenters. The minimum absolute atomic E-state index is 0.0289. The van der Waals surface area contributed by atoms with Gasteiger partial charge in [0.15, 0.2) is 0 Å². The van der Waals surface area contributed by atoms with Gasteiger partial charge in [-0.15, -0.1) is 0 Å². The fourth-order valence-corrected chi connectivity index (χ4v) is 2.72. The Labute approximate surface area is 135 Å². The number of nitrogens with one attached hydrogen (secondary N) is 2. The molecule has 0 fully saturated rings. The average Bonchev–Trinajstić information content (AvgIpc) is 3.05. The lowest BCUT2D eigenvalue weighted by Gasteiger charge is -2.18. The Morgan fingerprint density at radius 1 is 1.35 bits per heavy atom. The number of furan rings is 1. The van der Waals surface area contributed by atoms with E-state index < -0.39 is 0 Å². The molecule has 2 N–H and O–H groups in total. The molecule has 2 aromatic rings. The van der Waals surface area contributed by atoms with Gasteiger partial charge in [-0.25, -0.2) is 0 Å². The van der Waals surface area contributed by atoms with Crippen molar-refractivity contribution < 1.29 is 14.0 Å². The van der Waals surface area contributed by atoms with Crippen LogP contribution in [0.4, 0.5) is 5.69 Å². The van der Waals surface area contributed by atoms with E-state index in [1.807, 2.05) is 25.1 Å². The van der Waals surface area contributed by atoms with Crippen LogP contribution in [0.1, 0.15) is 41.4 Å². The summed E-state index contributed by atoms with van der Waals surface area (Å²) in [6.45, 7) is 1.99. The Bertz CT molecular complexity index is 707. The zero-order chi connectivity index (χ0) is 16.2. The summed E-state index contributed by atoms with van der Waals surface area (Å²) in [4.78, 5) is 23.7. The van der Waals surface area contributed by atoms with Gasteiger partial charge in [-0.2, -0.15) is 0 Å². The van der Waals surface area contributed by atoms with Gasteiger partial charge in [-0.3, -0.25) is 9.59 Å². The molecule has 0 spiro atoms. The quantitative estimate of drug-likeness (QED) is 0.891. The van der Waals surface area contributed by atoms with E-state index in [-0.39, 0.29) is 17.9 Å². The number of carbonyl (C=O) groups excluding carboxylic acids is 2. The molecule has 5 nitrogen and oxygen atoms in total. The highest BCUT2D eigenvalue weighted by molar-refractivity contribution is 5.98. The van der Waals surface area contributed by atoms with E-state index in [1.54, 1.807) is 18.4 Å². The number of carbonyl (C=O) groups is 2. The highest BCUT2D eigenvalue weighted by Gasteiger charge is 2.17. The van der Waals surface area contributed by atoms with Crippen LogP contribution in [0.5, 0.6) is 0 Å². The Balaban J connectivity index is 1.58. The van der Waals surface area contributed by atoms with Crippen LogP contribution in [-0.2, 0) is 17.6 Å². The fourth-order valence-electron chi connectivity index (χ4n) is 2.72. The van der Waals surface area contributed by atoms with E-state index in [0.717, 1.165) is 29.9 Å². The highest BCUT2D eigenvalue weighted by Crippen LogP contribution is 2.23. The van der Waals surface area contributed by atoms with Crippen LogP contribution in [0.25, 0.3) is 0 Å². The molecule has 23 heavy (non-hydrogen) atoms. The molecule has 120 valence electrons. The smallest absolute Gasteiger partial charge is 0.251 e. The maximum atomic E-state index is 12.3. The summed E-state index contributed by atoms with van der Waals surface area (Å²) in [7, 11) is 0. The number of aryl methyl sites for hydroxylation is 2. The number of hydrogen-bond donors (Lipinski definition) is 2. The van der Waals surface area contributed by atoms with Gasteiger partial charge in [0.25, 0.3) is 5.91 Å². The topological polar surface area (TPSA) is 71.3 Å². The summed E-state index contributed by atoms with van der Waals surface area (Å²) in [5, 5.41) is 5.83. The first-order valence-electron chi connectivity index (χ1n) is 7.88. The molecule has 1 aliphatic heterocycles. The van der Waals surface area contributed by atoms with Crippen LogP contribution in [0.3, 0.4) is 0 Å². The van der Waals surface area contributed by atoms with Crippen LogP contribution in [0.2, 0.25) is 0 Å². The molecule has 3 rings (SSSR count). The minimum Gasteiger partial charge on any atom is -0.469 e. The van der Waals surface area contributed by atoms with E-state index in [1.165, 1.54) is 0 Å². The van der Waals surface area contributed by atoms with Crippen LogP contribution in [0, 0.1) is 0 Å². The molecule has 0 bridgehead atoms. The lowest BCUT2D eigenvalue weighted by Crippen LogP contribution is -2.33. The van der Waals surface area contributed by atoms with Crippen LogP contribution in [-0.4, -0.2) is 17.9 Å². The predicted octanol–water partition coefficient (Wildman–Crippen LogP) is 2.92. The molecule has 0 saturated carbocycles. The van der Waals surface area contributed by atoms with Crippen molar-refractivity contribution in [1.29, 1.82) is 0 Å². The number of rotatable bonds is 5. The Morgan fingerprint density at radius 3 is 3.00 bits per heavy atom. The molecular formula is C18H20N2O3. The Hall–Kier alpha value is -2.56. The lowest BCUT2D eigenvalue weighted by atomic mass is 10.00. The van der Waals surface area contributed by atoms with Crippen molar-refractivity contribution in [2.75, 3.05) is 5.32 Å². The standard InChI is InChI=1S/C18H20N2O3/c1-12(4-7-15-3-2-10-23-15)19-18(22)14-5-8-16-13(11-14)6-9-17(21)20-16/h2-3,5,8,10-12H,4,6-7,9H2,1H3,(H,19,22)(H,20,21)/t12-/m0/s1. The molecule has 5 heteroatoms. The fraction of sp³-hybridized carbons (Fsp3) is 0.333. The Morgan fingerprint density at radius 2 is 2.22 bits per heavy atom. The third-order valence-electron chi connectivity index (χ3n) is 4.04. The number of benzene rings is 1. The summed E-state index contributed by atoms with van der Waals surface area (Å²) in [6, 6.07) is 9.27. The lowest BCUT2D eigenvalue weighted by molar-refractivity contribution is -0.116. The van der Waals surface area contributed by atoms with E-state index in [0.29, 0.717) is 18.4 Å². The normalized spacial score (nSPS) is 14.7. The molecule has 0 saturated heterocycles. The maximum Gasteiger partial charge on any atom is 0.251 e. The first-order chi connectivity index (χ1) is 11.1. The maximum absolute atomic E-state index is 12.3. The van der Waals surface area contributed by atoms with Gasteiger partial charge in [-0.1, -0.05) is 0 Å². The highest BCUT2D eigenvalue weighted by atomic mass is 16.3. The molecule has 2 amide bonds. The second-order valence-electron chi connectivity index (χ2n) is 5.91. The third-order valence-corrected chi connectivity index (χ3v) is 4.04. The van der Waals surface area contributed by atoms with Gasteiger partial charge in [-0.05, 0) is 55.7 Å². The van der Waals surface area contributed by atoms with Gasteiger partial charge < -0.3 is 15.1 Å². The molecular weight excluding hydrogens is 292 g/mol. The van der Waals surface area contributed by atoms with Crippen LogP contribution < -0.4 is 10.6 Å². The van der Waals surface area contributed by atoms with Crippen molar-refractivity contribution >= 4 is 17.5 Å². The number of fused-ring (bicyclic) bond motifs is 1. The predicted molar refractivity (Wildman–Crippen MR) is 87.3 cm³/mol. The molecule has 1 aromatic carbocycles. The van der Waals surface area contributed by atoms with E-state index in [9.17, 15) is 9.59 Å². The molecule has 1 aromatic heterocycles.